The molecule has 0 aliphatic heterocycles. The van der Waals surface area contributed by atoms with Gasteiger partial charge in [-0.2, -0.15) is 8.42 Å². The Bertz CT molecular complexity index is 942. The zero-order valence-electron chi connectivity index (χ0n) is 36.4. The van der Waals surface area contributed by atoms with E-state index in [2.05, 4.69) is 31.3 Å². The topological polar surface area (TPSA) is 124 Å². The van der Waals surface area contributed by atoms with Crippen LogP contribution in [-0.2, 0) is 14.9 Å². The lowest BCUT2D eigenvalue weighted by atomic mass is 10.0. The number of carbonyl (C=O) groups excluding carboxylic acids is 1. The predicted octanol–water partition coefficient (Wildman–Crippen LogP) is 13.5. The number of aliphatic hydroxyl groups excluding tert-OH is 2. The Labute approximate surface area is 342 Å². The van der Waals surface area contributed by atoms with Gasteiger partial charge in [-0.05, 0) is 38.5 Å². The molecule has 0 aliphatic rings. The molecule has 0 aromatic carbocycles. The summed E-state index contributed by atoms with van der Waals surface area (Å²) in [6.07, 6.45) is 48.1. The van der Waals surface area contributed by atoms with Crippen molar-refractivity contribution in [2.24, 2.45) is 0 Å². The SMILES string of the molecule is CCCCCCCCCCCCCC/C=C\CCCCCCCCC(O)C(=O)NC(CS(=O)(=O)O)C(O)CCCCCCCCCCCCCCCCCC. The van der Waals surface area contributed by atoms with E-state index in [9.17, 15) is 28.0 Å². The lowest BCUT2D eigenvalue weighted by Crippen LogP contribution is -2.50. The third-order valence-electron chi connectivity index (χ3n) is 11.3. The zero-order valence-corrected chi connectivity index (χ0v) is 37.3. The molecule has 0 saturated heterocycles. The van der Waals surface area contributed by atoms with Crippen molar-refractivity contribution in [2.75, 3.05) is 5.75 Å². The van der Waals surface area contributed by atoms with Crippen LogP contribution in [0.15, 0.2) is 12.2 Å². The largest absolute Gasteiger partial charge is 0.391 e. The van der Waals surface area contributed by atoms with Gasteiger partial charge in [0, 0.05) is 0 Å². The molecular weight excluding hydrogens is 707 g/mol. The Kier molecular flexibility index (Phi) is 40.5. The second-order valence-corrected chi connectivity index (χ2v) is 18.4. The first-order chi connectivity index (χ1) is 26.7. The van der Waals surface area contributed by atoms with Gasteiger partial charge in [-0.15, -0.1) is 0 Å². The third-order valence-corrected chi connectivity index (χ3v) is 12.1. The number of hydrogen-bond donors (Lipinski definition) is 4. The van der Waals surface area contributed by atoms with E-state index in [1.54, 1.807) is 0 Å². The minimum absolute atomic E-state index is 0.293. The van der Waals surface area contributed by atoms with Gasteiger partial charge in [0.25, 0.3) is 10.1 Å². The van der Waals surface area contributed by atoms with Crippen LogP contribution in [0.25, 0.3) is 0 Å². The van der Waals surface area contributed by atoms with Crippen molar-refractivity contribution in [2.45, 2.75) is 276 Å². The fourth-order valence-electron chi connectivity index (χ4n) is 7.63. The van der Waals surface area contributed by atoms with E-state index in [1.165, 1.54) is 173 Å². The molecule has 0 aromatic heterocycles. The van der Waals surface area contributed by atoms with Crippen molar-refractivity contribution >= 4 is 16.0 Å². The van der Waals surface area contributed by atoms with E-state index in [-0.39, 0.29) is 0 Å². The maximum absolute atomic E-state index is 12.7. The molecule has 0 fully saturated rings. The number of nitrogens with one attached hydrogen (secondary N) is 1. The minimum Gasteiger partial charge on any atom is -0.391 e. The number of rotatable bonds is 44. The van der Waals surface area contributed by atoms with Gasteiger partial charge in [-0.25, -0.2) is 0 Å². The van der Waals surface area contributed by atoms with Gasteiger partial charge in [0.2, 0.25) is 5.91 Å². The molecule has 0 saturated carbocycles. The average Bonchev–Trinajstić information content (AvgIpc) is 3.15. The summed E-state index contributed by atoms with van der Waals surface area (Å²) in [6.45, 7) is 4.54. The first-order valence-corrected chi connectivity index (χ1v) is 25.6. The summed E-state index contributed by atoms with van der Waals surface area (Å²) in [5, 5.41) is 23.6. The molecule has 328 valence electrons. The van der Waals surface area contributed by atoms with Gasteiger partial charge >= 0.3 is 0 Å². The maximum atomic E-state index is 12.7. The van der Waals surface area contributed by atoms with Crippen LogP contribution in [0.5, 0.6) is 0 Å². The average molecular weight is 800 g/mol. The summed E-state index contributed by atoms with van der Waals surface area (Å²) < 4.78 is 32.7. The molecule has 1 amide bonds. The molecule has 0 bridgehead atoms. The van der Waals surface area contributed by atoms with E-state index in [1.807, 2.05) is 0 Å². The molecule has 0 aromatic rings. The van der Waals surface area contributed by atoms with Gasteiger partial charge in [-0.3, -0.25) is 9.35 Å². The second kappa shape index (κ2) is 41.2. The number of allylic oxidation sites excluding steroid dienone is 2. The van der Waals surface area contributed by atoms with Crippen LogP contribution in [0.1, 0.15) is 258 Å². The first-order valence-electron chi connectivity index (χ1n) is 24.0. The zero-order chi connectivity index (χ0) is 40.5. The summed E-state index contributed by atoms with van der Waals surface area (Å²) in [5.74, 6) is -1.45. The second-order valence-electron chi connectivity index (χ2n) is 16.9. The Hall–Kier alpha value is -0.960. The lowest BCUT2D eigenvalue weighted by Gasteiger charge is -2.24. The highest BCUT2D eigenvalue weighted by molar-refractivity contribution is 7.85. The lowest BCUT2D eigenvalue weighted by molar-refractivity contribution is -0.131. The molecule has 0 radical (unpaired) electrons. The summed E-state index contributed by atoms with van der Waals surface area (Å²) in [4.78, 5) is 12.7. The monoisotopic (exact) mass is 800 g/mol. The van der Waals surface area contributed by atoms with Gasteiger partial charge in [0.05, 0.1) is 17.9 Å². The Morgan fingerprint density at radius 3 is 1.09 bits per heavy atom. The van der Waals surface area contributed by atoms with Gasteiger partial charge in [0.1, 0.15) is 6.10 Å². The molecule has 7 nitrogen and oxygen atoms in total. The molecule has 0 aliphatic carbocycles. The van der Waals surface area contributed by atoms with E-state index in [4.69, 9.17) is 0 Å². The van der Waals surface area contributed by atoms with Crippen LogP contribution < -0.4 is 5.32 Å². The van der Waals surface area contributed by atoms with Gasteiger partial charge < -0.3 is 15.5 Å². The summed E-state index contributed by atoms with van der Waals surface area (Å²) in [7, 11) is -4.41. The Morgan fingerprint density at radius 1 is 0.473 bits per heavy atom. The highest BCUT2D eigenvalue weighted by Crippen LogP contribution is 2.17. The van der Waals surface area contributed by atoms with E-state index >= 15 is 0 Å². The molecule has 8 heteroatoms. The summed E-state index contributed by atoms with van der Waals surface area (Å²) in [6, 6.07) is -1.15. The highest BCUT2D eigenvalue weighted by atomic mass is 32.2. The smallest absolute Gasteiger partial charge is 0.266 e. The Morgan fingerprint density at radius 2 is 0.764 bits per heavy atom. The van der Waals surface area contributed by atoms with Crippen LogP contribution in [0.4, 0.5) is 0 Å². The van der Waals surface area contributed by atoms with Crippen molar-refractivity contribution in [1.82, 2.24) is 5.32 Å². The highest BCUT2D eigenvalue weighted by Gasteiger charge is 2.28. The van der Waals surface area contributed by atoms with E-state index < -0.39 is 40.0 Å². The number of amides is 1. The number of unbranched alkanes of at least 4 members (excludes halogenated alkanes) is 33. The molecule has 3 atom stereocenters. The van der Waals surface area contributed by atoms with Crippen LogP contribution in [0.3, 0.4) is 0 Å². The minimum atomic E-state index is -4.41. The van der Waals surface area contributed by atoms with Gasteiger partial charge in [0.15, 0.2) is 0 Å². The number of hydrogen-bond acceptors (Lipinski definition) is 5. The number of carbonyl (C=O) groups is 1. The molecule has 0 rings (SSSR count). The molecule has 0 heterocycles. The fourth-order valence-corrected chi connectivity index (χ4v) is 8.39. The molecule has 4 N–H and O–H groups in total. The third kappa shape index (κ3) is 41.0. The van der Waals surface area contributed by atoms with Crippen molar-refractivity contribution in [3.8, 4) is 0 Å². The van der Waals surface area contributed by atoms with Crippen LogP contribution >= 0.6 is 0 Å². The van der Waals surface area contributed by atoms with Crippen molar-refractivity contribution < 1.29 is 28.0 Å². The van der Waals surface area contributed by atoms with Gasteiger partial charge in [-0.1, -0.05) is 231 Å². The van der Waals surface area contributed by atoms with E-state index in [0.717, 1.165) is 51.4 Å². The Balaban J connectivity index is 3.87. The fraction of sp³-hybridized carbons (Fsp3) is 0.936. The summed E-state index contributed by atoms with van der Waals surface area (Å²) >= 11 is 0. The number of aliphatic hydroxyl groups is 2. The standard InChI is InChI=1S/C47H93NO6S/c1-3-5-7-9-11-13-15-17-19-21-22-23-24-25-26-28-30-32-34-36-38-40-42-46(50)47(51)48-44(43-55(52,53)54)45(49)41-39-37-35-33-31-29-27-20-18-16-14-12-10-8-6-4-2/h25-26,44-46,49-50H,3-24,27-43H2,1-2H3,(H,48,51)(H,52,53,54)/b26-25-. The quantitative estimate of drug-likeness (QED) is 0.0276. The van der Waals surface area contributed by atoms with Crippen LogP contribution in [0.2, 0.25) is 0 Å². The van der Waals surface area contributed by atoms with Crippen molar-refractivity contribution in [3.63, 3.8) is 0 Å². The van der Waals surface area contributed by atoms with Crippen LogP contribution in [0, 0.1) is 0 Å². The first kappa shape index (κ1) is 54.0. The van der Waals surface area contributed by atoms with Crippen molar-refractivity contribution in [3.05, 3.63) is 12.2 Å². The summed E-state index contributed by atoms with van der Waals surface area (Å²) in [5.41, 5.74) is 0. The maximum Gasteiger partial charge on any atom is 0.266 e. The molecular formula is C47H93NO6S. The molecule has 3 unspecified atom stereocenters. The molecule has 0 spiro atoms. The van der Waals surface area contributed by atoms with Crippen LogP contribution in [-0.4, -0.2) is 53.1 Å². The predicted molar refractivity (Wildman–Crippen MR) is 236 cm³/mol. The van der Waals surface area contributed by atoms with E-state index in [0.29, 0.717) is 19.3 Å². The normalized spacial score (nSPS) is 13.8. The van der Waals surface area contributed by atoms with Crippen molar-refractivity contribution in [1.29, 1.82) is 0 Å². The molecule has 55 heavy (non-hydrogen) atoms.